The fourth-order valence-electron chi connectivity index (χ4n) is 4.42. The van der Waals surface area contributed by atoms with Gasteiger partial charge in [-0.25, -0.2) is 4.79 Å². The predicted molar refractivity (Wildman–Crippen MR) is 125 cm³/mol. The number of alkyl halides is 3. The van der Waals surface area contributed by atoms with Crippen molar-refractivity contribution in [2.24, 2.45) is 0 Å². The van der Waals surface area contributed by atoms with Gasteiger partial charge >= 0.3 is 24.0 Å². The third kappa shape index (κ3) is 6.57. The first-order chi connectivity index (χ1) is 17.0. The summed E-state index contributed by atoms with van der Waals surface area (Å²) in [4.78, 5) is 38.4. The van der Waals surface area contributed by atoms with E-state index in [1.807, 2.05) is 5.32 Å². The van der Waals surface area contributed by atoms with Crippen LogP contribution in [-0.4, -0.2) is 62.3 Å². The zero-order valence-electron chi connectivity index (χ0n) is 20.7. The summed E-state index contributed by atoms with van der Waals surface area (Å²) in [6.07, 6.45) is -0.484. The lowest BCUT2D eigenvalue weighted by Gasteiger charge is -2.20. The Kier molecular flexibility index (Phi) is 8.99. The summed E-state index contributed by atoms with van der Waals surface area (Å²) in [5.74, 6) is -3.08. The van der Waals surface area contributed by atoms with Crippen molar-refractivity contribution < 1.29 is 41.8 Å². The van der Waals surface area contributed by atoms with Crippen LogP contribution in [0.25, 0.3) is 0 Å². The van der Waals surface area contributed by atoms with E-state index < -0.39 is 18.1 Å². The molecule has 2 aliphatic heterocycles. The normalized spacial score (nSPS) is 16.1. The number of hydrogen-bond donors (Lipinski definition) is 1. The van der Waals surface area contributed by atoms with Gasteiger partial charge in [0.25, 0.3) is 0 Å². The second-order valence-electron chi connectivity index (χ2n) is 8.92. The van der Waals surface area contributed by atoms with Gasteiger partial charge in [0.1, 0.15) is 19.0 Å². The Bertz CT molecular complexity index is 1050. The van der Waals surface area contributed by atoms with E-state index in [2.05, 4.69) is 4.90 Å². The molecule has 2 heterocycles. The van der Waals surface area contributed by atoms with Crippen LogP contribution in [-0.2, 0) is 32.1 Å². The zero-order valence-corrected chi connectivity index (χ0v) is 20.7. The highest BCUT2D eigenvalue weighted by molar-refractivity contribution is 6.07. The summed E-state index contributed by atoms with van der Waals surface area (Å²) in [5, 5.41) is 1.85. The predicted octanol–water partition coefficient (Wildman–Crippen LogP) is 4.08. The van der Waals surface area contributed by atoms with Crippen molar-refractivity contribution in [3.63, 3.8) is 0 Å². The molecule has 1 N–H and O–H groups in total. The van der Waals surface area contributed by atoms with Crippen LogP contribution in [0.1, 0.15) is 59.7 Å². The minimum Gasteiger partial charge on any atom is -0.496 e. The maximum absolute atomic E-state index is 13.0. The minimum atomic E-state index is -5.15. The average molecular weight is 513 g/mol. The lowest BCUT2D eigenvalue weighted by Crippen LogP contribution is -2.31. The molecule has 1 aromatic carbocycles. The fraction of sp³-hybridized carbons (Fsp3) is 0.560. The van der Waals surface area contributed by atoms with E-state index in [-0.39, 0.29) is 48.0 Å². The second kappa shape index (κ2) is 11.8. The number of amides is 1. The molecule has 198 valence electrons. The molecule has 1 fully saturated rings. The van der Waals surface area contributed by atoms with Gasteiger partial charge in [0.15, 0.2) is 0 Å². The second-order valence-corrected chi connectivity index (χ2v) is 8.92. The van der Waals surface area contributed by atoms with Crippen molar-refractivity contribution in [3.8, 4) is 5.75 Å². The first-order valence-corrected chi connectivity index (χ1v) is 11.8. The maximum Gasteiger partial charge on any atom is 0.471 e. The van der Waals surface area contributed by atoms with Gasteiger partial charge in [-0.3, -0.25) is 14.5 Å². The molecular weight excluding hydrogens is 481 g/mol. The Balaban J connectivity index is 1.74. The molecule has 0 unspecified atom stereocenters. The van der Waals surface area contributed by atoms with Crippen LogP contribution in [0.5, 0.6) is 5.75 Å². The van der Waals surface area contributed by atoms with Crippen LogP contribution in [0.4, 0.5) is 18.9 Å². The molecule has 36 heavy (non-hydrogen) atoms. The van der Waals surface area contributed by atoms with Crippen LogP contribution >= 0.6 is 0 Å². The molecule has 0 saturated carbocycles. The van der Waals surface area contributed by atoms with Gasteiger partial charge in [-0.05, 0) is 58.2 Å². The molecule has 3 rings (SSSR count). The lowest BCUT2D eigenvalue weighted by molar-refractivity contribution is -0.167. The number of rotatable bonds is 10. The van der Waals surface area contributed by atoms with E-state index in [4.69, 9.17) is 14.2 Å². The Morgan fingerprint density at radius 1 is 1.19 bits per heavy atom. The van der Waals surface area contributed by atoms with Crippen molar-refractivity contribution in [1.82, 2.24) is 4.90 Å². The van der Waals surface area contributed by atoms with E-state index in [9.17, 15) is 27.6 Å². The number of likely N-dealkylation sites (tertiary alicyclic amines) is 1. The summed E-state index contributed by atoms with van der Waals surface area (Å²) >= 11 is 0. The van der Waals surface area contributed by atoms with Crippen molar-refractivity contribution >= 4 is 23.5 Å². The van der Waals surface area contributed by atoms with Crippen molar-refractivity contribution in [2.75, 3.05) is 38.7 Å². The highest BCUT2D eigenvalue weighted by atomic mass is 19.4. The lowest BCUT2D eigenvalue weighted by atomic mass is 9.93. The number of carbonyl (C=O) groups excluding carboxylic acids is 3. The molecular formula is C25H31F3N2O6. The number of nitrogens with zero attached hydrogens (tertiary/aromatic N) is 1. The number of methoxy groups -OCH3 is 1. The minimum absolute atomic E-state index is 0.0634. The standard InChI is InChI=1S/C25H31F3N2O6/c1-15(7-9-19(31)35-13-12-30-10-4-5-11-30)6-8-17-21(29-24(33)25(26,27)28)20-18(14-36-23(20)32)16(2)22(17)34-3/h6H,4-5,7-14H2,1-3H3,(H,29,33)/b15-6+. The summed E-state index contributed by atoms with van der Waals surface area (Å²) < 4.78 is 54.8. The summed E-state index contributed by atoms with van der Waals surface area (Å²) in [6.45, 7) is 6.43. The van der Waals surface area contributed by atoms with Crippen molar-refractivity contribution in [3.05, 3.63) is 33.9 Å². The summed E-state index contributed by atoms with van der Waals surface area (Å²) in [6, 6.07) is 0. The molecule has 0 radical (unpaired) electrons. The molecule has 1 amide bonds. The first kappa shape index (κ1) is 27.5. The largest absolute Gasteiger partial charge is 0.496 e. The maximum atomic E-state index is 13.0. The number of nitrogens with one attached hydrogen (secondary N) is 1. The van der Waals surface area contributed by atoms with Crippen molar-refractivity contribution in [1.29, 1.82) is 0 Å². The molecule has 0 aliphatic carbocycles. The SMILES string of the molecule is COc1c(C)c2c(c(NC(=O)C(F)(F)F)c1C/C=C(\C)CCC(=O)OCCN1CCCC1)C(=O)OC2. The van der Waals surface area contributed by atoms with Crippen LogP contribution in [0.3, 0.4) is 0 Å². The van der Waals surface area contributed by atoms with E-state index in [1.165, 1.54) is 7.11 Å². The fourth-order valence-corrected chi connectivity index (χ4v) is 4.42. The quantitative estimate of drug-likeness (QED) is 0.373. The Morgan fingerprint density at radius 3 is 2.53 bits per heavy atom. The number of halogens is 3. The van der Waals surface area contributed by atoms with Gasteiger partial charge in [-0.2, -0.15) is 13.2 Å². The zero-order chi connectivity index (χ0) is 26.5. The van der Waals surface area contributed by atoms with Crippen LogP contribution in [0.15, 0.2) is 11.6 Å². The van der Waals surface area contributed by atoms with Gasteiger partial charge in [-0.1, -0.05) is 11.6 Å². The topological polar surface area (TPSA) is 94.2 Å². The molecule has 0 spiro atoms. The molecule has 1 aromatic rings. The number of ether oxygens (including phenoxy) is 3. The highest BCUT2D eigenvalue weighted by Crippen LogP contribution is 2.42. The molecule has 11 heteroatoms. The van der Waals surface area contributed by atoms with E-state index in [0.29, 0.717) is 30.7 Å². The molecule has 0 bridgehead atoms. The number of hydrogen-bond acceptors (Lipinski definition) is 7. The third-order valence-electron chi connectivity index (χ3n) is 6.42. The molecule has 8 nitrogen and oxygen atoms in total. The van der Waals surface area contributed by atoms with Crippen LogP contribution in [0.2, 0.25) is 0 Å². The Morgan fingerprint density at radius 2 is 1.89 bits per heavy atom. The number of cyclic esters (lactones) is 1. The average Bonchev–Trinajstić information content (AvgIpc) is 3.47. The van der Waals surface area contributed by atoms with E-state index in [1.54, 1.807) is 19.9 Å². The summed E-state index contributed by atoms with van der Waals surface area (Å²) in [5.41, 5.74) is 1.55. The van der Waals surface area contributed by atoms with Gasteiger partial charge in [0.05, 0.1) is 18.4 Å². The number of benzene rings is 1. The van der Waals surface area contributed by atoms with Gasteiger partial charge in [0.2, 0.25) is 0 Å². The van der Waals surface area contributed by atoms with Gasteiger partial charge < -0.3 is 19.5 Å². The molecule has 0 aromatic heterocycles. The molecule has 2 aliphatic rings. The number of esters is 2. The molecule has 1 saturated heterocycles. The number of fused-ring (bicyclic) bond motifs is 1. The Labute approximate surface area is 207 Å². The van der Waals surface area contributed by atoms with Crippen molar-refractivity contribution in [2.45, 2.75) is 58.7 Å². The van der Waals surface area contributed by atoms with Crippen LogP contribution < -0.4 is 10.1 Å². The van der Waals surface area contributed by atoms with Gasteiger partial charge in [-0.15, -0.1) is 0 Å². The number of carbonyl (C=O) groups is 3. The monoisotopic (exact) mass is 512 g/mol. The first-order valence-electron chi connectivity index (χ1n) is 11.8. The third-order valence-corrected chi connectivity index (χ3v) is 6.42. The van der Waals surface area contributed by atoms with Gasteiger partial charge in [0, 0.05) is 24.1 Å². The Hall–Kier alpha value is -3.08. The summed E-state index contributed by atoms with van der Waals surface area (Å²) in [7, 11) is 1.36. The number of allylic oxidation sites excluding steroid dienone is 2. The smallest absolute Gasteiger partial charge is 0.471 e. The number of anilines is 1. The van der Waals surface area contributed by atoms with Crippen LogP contribution in [0, 0.1) is 6.92 Å². The molecule has 0 atom stereocenters. The highest BCUT2D eigenvalue weighted by Gasteiger charge is 2.41. The van der Waals surface area contributed by atoms with E-state index in [0.717, 1.165) is 31.5 Å². The van der Waals surface area contributed by atoms with E-state index >= 15 is 0 Å².